The minimum atomic E-state index is -4.80. The zero-order valence-corrected chi connectivity index (χ0v) is 17.0. The summed E-state index contributed by atoms with van der Waals surface area (Å²) in [6.07, 6.45) is 1.01. The van der Waals surface area contributed by atoms with Crippen molar-refractivity contribution in [3.05, 3.63) is 35.4 Å². The van der Waals surface area contributed by atoms with Gasteiger partial charge in [0.15, 0.2) is 5.60 Å². The van der Waals surface area contributed by atoms with Crippen LogP contribution in [0.5, 0.6) is 0 Å². The van der Waals surface area contributed by atoms with Crippen molar-refractivity contribution >= 4 is 5.91 Å². The SMILES string of the molecule is CCC(CC[C@@H](O)C1CC1)N(C(=O)c1ccc([C@](C)(O)C(F)(F)F)cc1)C1CC1. The Kier molecular flexibility index (Phi) is 6.30. The highest BCUT2D eigenvalue weighted by Crippen LogP contribution is 2.39. The van der Waals surface area contributed by atoms with Crippen molar-refractivity contribution < 1.29 is 28.2 Å². The van der Waals surface area contributed by atoms with Crippen LogP contribution >= 0.6 is 0 Å². The molecule has 29 heavy (non-hydrogen) atoms. The highest BCUT2D eigenvalue weighted by Gasteiger charge is 2.51. The first-order valence-electron chi connectivity index (χ1n) is 10.5. The summed E-state index contributed by atoms with van der Waals surface area (Å²) < 4.78 is 39.1. The van der Waals surface area contributed by atoms with Crippen LogP contribution in [0.4, 0.5) is 13.2 Å². The molecule has 1 amide bonds. The van der Waals surface area contributed by atoms with Crippen LogP contribution in [-0.2, 0) is 5.60 Å². The number of halogens is 3. The molecule has 4 nitrogen and oxygen atoms in total. The third-order valence-electron chi connectivity index (χ3n) is 6.25. The van der Waals surface area contributed by atoms with Crippen molar-refractivity contribution in [1.82, 2.24) is 4.90 Å². The summed E-state index contributed by atoms with van der Waals surface area (Å²) >= 11 is 0. The number of hydrogen-bond donors (Lipinski definition) is 2. The Morgan fingerprint density at radius 1 is 1.14 bits per heavy atom. The standard InChI is InChI=1S/C22H30F3NO3/c1-3-17(12-13-19(27)14-4-5-14)26(18-10-11-18)20(28)15-6-8-16(9-7-15)21(2,29)22(23,24)25/h6-9,14,17-19,27,29H,3-5,10-13H2,1-2H3/t17?,19-,21+/m1/s1. The first-order valence-corrected chi connectivity index (χ1v) is 10.5. The van der Waals surface area contributed by atoms with Crippen LogP contribution in [0.1, 0.15) is 74.7 Å². The summed E-state index contributed by atoms with van der Waals surface area (Å²) in [4.78, 5) is 15.0. The fourth-order valence-electron chi connectivity index (χ4n) is 3.85. The molecule has 7 heteroatoms. The van der Waals surface area contributed by atoms with Crippen molar-refractivity contribution in [2.24, 2.45) is 5.92 Å². The predicted octanol–water partition coefficient (Wildman–Crippen LogP) is 4.39. The molecule has 162 valence electrons. The molecule has 2 N–H and O–H groups in total. The third kappa shape index (κ3) is 4.94. The summed E-state index contributed by atoms with van der Waals surface area (Å²) in [6.45, 7) is 2.72. The molecule has 2 aliphatic rings. The van der Waals surface area contributed by atoms with Crippen LogP contribution in [0.3, 0.4) is 0 Å². The molecule has 0 bridgehead atoms. The lowest BCUT2D eigenvalue weighted by Gasteiger charge is -2.32. The highest BCUT2D eigenvalue weighted by molar-refractivity contribution is 5.95. The van der Waals surface area contributed by atoms with Crippen molar-refractivity contribution in [3.8, 4) is 0 Å². The fourth-order valence-corrected chi connectivity index (χ4v) is 3.85. The van der Waals surface area contributed by atoms with E-state index in [2.05, 4.69) is 0 Å². The van der Waals surface area contributed by atoms with E-state index in [4.69, 9.17) is 0 Å². The van der Waals surface area contributed by atoms with Gasteiger partial charge in [-0.3, -0.25) is 4.79 Å². The van der Waals surface area contributed by atoms with Gasteiger partial charge >= 0.3 is 6.18 Å². The van der Waals surface area contributed by atoms with Gasteiger partial charge in [0, 0.05) is 17.6 Å². The minimum absolute atomic E-state index is 0.00126. The highest BCUT2D eigenvalue weighted by atomic mass is 19.4. The van der Waals surface area contributed by atoms with Crippen LogP contribution in [0, 0.1) is 5.92 Å². The van der Waals surface area contributed by atoms with Crippen molar-refractivity contribution in [2.45, 2.75) is 88.8 Å². The van der Waals surface area contributed by atoms with Gasteiger partial charge in [0.05, 0.1) is 6.10 Å². The van der Waals surface area contributed by atoms with Gasteiger partial charge in [0.1, 0.15) is 0 Å². The Morgan fingerprint density at radius 2 is 1.72 bits per heavy atom. The maximum atomic E-state index is 13.2. The summed E-state index contributed by atoms with van der Waals surface area (Å²) in [5.41, 5.74) is -2.94. The maximum absolute atomic E-state index is 13.2. The van der Waals surface area contributed by atoms with E-state index in [1.54, 1.807) is 0 Å². The molecule has 0 aliphatic heterocycles. The summed E-state index contributed by atoms with van der Waals surface area (Å²) in [6, 6.07) is 5.22. The van der Waals surface area contributed by atoms with E-state index in [1.165, 1.54) is 24.3 Å². The number of benzene rings is 1. The van der Waals surface area contributed by atoms with Gasteiger partial charge in [-0.2, -0.15) is 13.2 Å². The zero-order chi connectivity index (χ0) is 21.4. The number of alkyl halides is 3. The van der Waals surface area contributed by atoms with Crippen LogP contribution in [0.2, 0.25) is 0 Å². The molecule has 2 aliphatic carbocycles. The van der Waals surface area contributed by atoms with E-state index in [0.29, 0.717) is 24.8 Å². The lowest BCUT2D eigenvalue weighted by molar-refractivity contribution is -0.258. The Bertz CT molecular complexity index is 709. The molecule has 3 atom stereocenters. The number of nitrogens with zero attached hydrogens (tertiary/aromatic N) is 1. The average Bonchev–Trinajstić information content (AvgIpc) is 3.56. The molecule has 0 aromatic heterocycles. The van der Waals surface area contributed by atoms with Gasteiger partial charge in [0.2, 0.25) is 0 Å². The number of carbonyl (C=O) groups is 1. The molecule has 0 radical (unpaired) electrons. The average molecular weight is 413 g/mol. The Balaban J connectivity index is 1.73. The molecule has 0 spiro atoms. The van der Waals surface area contributed by atoms with Crippen LogP contribution in [-0.4, -0.2) is 45.4 Å². The number of aliphatic hydroxyl groups excluding tert-OH is 1. The minimum Gasteiger partial charge on any atom is -0.393 e. The number of amides is 1. The predicted molar refractivity (Wildman–Crippen MR) is 103 cm³/mol. The number of hydrogen-bond acceptors (Lipinski definition) is 3. The topological polar surface area (TPSA) is 60.8 Å². The van der Waals surface area contributed by atoms with Gasteiger partial charge in [-0.05, 0) is 75.5 Å². The Labute approximate surface area is 169 Å². The first-order chi connectivity index (χ1) is 13.6. The molecule has 0 saturated heterocycles. The molecule has 3 rings (SSSR count). The number of rotatable bonds is 9. The fraction of sp³-hybridized carbons (Fsp3) is 0.682. The Hall–Kier alpha value is -1.60. The van der Waals surface area contributed by atoms with Crippen molar-refractivity contribution in [3.63, 3.8) is 0 Å². The maximum Gasteiger partial charge on any atom is 0.421 e. The molecular weight excluding hydrogens is 383 g/mol. The van der Waals surface area contributed by atoms with Gasteiger partial charge in [-0.25, -0.2) is 0 Å². The number of aliphatic hydroxyl groups is 2. The van der Waals surface area contributed by atoms with E-state index >= 15 is 0 Å². The largest absolute Gasteiger partial charge is 0.421 e. The molecule has 1 aromatic carbocycles. The molecule has 1 unspecified atom stereocenters. The molecule has 2 fully saturated rings. The monoisotopic (exact) mass is 413 g/mol. The van der Waals surface area contributed by atoms with Gasteiger partial charge in [0.25, 0.3) is 5.91 Å². The van der Waals surface area contributed by atoms with Crippen molar-refractivity contribution in [1.29, 1.82) is 0 Å². The normalized spacial score (nSPS) is 21.3. The molecular formula is C22H30F3NO3. The van der Waals surface area contributed by atoms with E-state index in [1.807, 2.05) is 11.8 Å². The quantitative estimate of drug-likeness (QED) is 0.631. The zero-order valence-electron chi connectivity index (χ0n) is 17.0. The summed E-state index contributed by atoms with van der Waals surface area (Å²) in [7, 11) is 0. The smallest absolute Gasteiger partial charge is 0.393 e. The second kappa shape index (κ2) is 8.26. The lowest BCUT2D eigenvalue weighted by Crippen LogP contribution is -2.42. The van der Waals surface area contributed by atoms with E-state index < -0.39 is 11.8 Å². The van der Waals surface area contributed by atoms with Crippen LogP contribution in [0.25, 0.3) is 0 Å². The Morgan fingerprint density at radius 3 is 2.17 bits per heavy atom. The number of carbonyl (C=O) groups excluding carboxylic acids is 1. The first kappa shape index (κ1) is 22.1. The van der Waals surface area contributed by atoms with E-state index in [-0.39, 0.29) is 29.7 Å². The molecule has 1 aromatic rings. The second-order valence-corrected chi connectivity index (χ2v) is 8.64. The summed E-state index contributed by atoms with van der Waals surface area (Å²) in [5, 5.41) is 20.0. The molecule has 2 saturated carbocycles. The van der Waals surface area contributed by atoms with E-state index in [0.717, 1.165) is 38.5 Å². The summed E-state index contributed by atoms with van der Waals surface area (Å²) in [5.74, 6) is 0.199. The van der Waals surface area contributed by atoms with Gasteiger partial charge in [-0.1, -0.05) is 19.1 Å². The second-order valence-electron chi connectivity index (χ2n) is 8.64. The van der Waals surface area contributed by atoms with Gasteiger partial charge in [-0.15, -0.1) is 0 Å². The van der Waals surface area contributed by atoms with Crippen molar-refractivity contribution in [2.75, 3.05) is 0 Å². The van der Waals surface area contributed by atoms with Gasteiger partial charge < -0.3 is 15.1 Å². The molecule has 0 heterocycles. The van der Waals surface area contributed by atoms with Crippen LogP contribution < -0.4 is 0 Å². The van der Waals surface area contributed by atoms with Crippen LogP contribution in [0.15, 0.2) is 24.3 Å². The lowest BCUT2D eigenvalue weighted by atomic mass is 9.94. The third-order valence-corrected chi connectivity index (χ3v) is 6.25. The van der Waals surface area contributed by atoms with E-state index in [9.17, 15) is 28.2 Å².